The molecule has 1 aliphatic heterocycles. The van der Waals surface area contributed by atoms with E-state index >= 15 is 0 Å². The van der Waals surface area contributed by atoms with Crippen LogP contribution in [0.25, 0.3) is 11.6 Å². The molecule has 0 saturated carbocycles. The summed E-state index contributed by atoms with van der Waals surface area (Å²) in [6.07, 6.45) is 3.43. The number of hydrogen-bond donors (Lipinski definition) is 1. The van der Waals surface area contributed by atoms with Gasteiger partial charge in [0.05, 0.1) is 18.8 Å². The Balaban J connectivity index is 1.80. The number of piperidine rings is 1. The van der Waals surface area contributed by atoms with Crippen molar-refractivity contribution in [3.8, 4) is 11.6 Å². The normalized spacial score (nSPS) is 19.4. The fourth-order valence-electron chi connectivity index (χ4n) is 2.81. The van der Waals surface area contributed by atoms with Crippen LogP contribution in [0.15, 0.2) is 22.8 Å². The lowest BCUT2D eigenvalue weighted by molar-refractivity contribution is -0.123. The third-order valence-electron chi connectivity index (χ3n) is 4.02. The Hall–Kier alpha value is -1.93. The van der Waals surface area contributed by atoms with Gasteiger partial charge in [-0.1, -0.05) is 0 Å². The molecular weight excluding hydrogens is 302 g/mol. The summed E-state index contributed by atoms with van der Waals surface area (Å²) >= 11 is 5.44. The van der Waals surface area contributed by atoms with Gasteiger partial charge < -0.3 is 14.7 Å². The minimum absolute atomic E-state index is 0.0869. The summed E-state index contributed by atoms with van der Waals surface area (Å²) in [6, 6.07) is 3.67. The molecule has 0 unspecified atom stereocenters. The molecule has 2 aromatic heterocycles. The van der Waals surface area contributed by atoms with Gasteiger partial charge in [-0.15, -0.1) is 5.10 Å². The second-order valence-electron chi connectivity index (χ2n) is 5.60. The smallest absolute Gasteiger partial charge is 0.221 e. The molecule has 2 aromatic rings. The number of primary amides is 1. The van der Waals surface area contributed by atoms with Crippen molar-refractivity contribution in [3.05, 3.63) is 23.2 Å². The van der Waals surface area contributed by atoms with Crippen molar-refractivity contribution in [1.29, 1.82) is 0 Å². The average Bonchev–Trinajstić information content (AvgIpc) is 3.12. The fourth-order valence-corrected chi connectivity index (χ4v) is 2.99. The Morgan fingerprint density at radius 3 is 3.09 bits per heavy atom. The second-order valence-corrected chi connectivity index (χ2v) is 5.97. The molecule has 1 amide bonds. The molecule has 8 heteroatoms. The van der Waals surface area contributed by atoms with Crippen LogP contribution in [-0.2, 0) is 18.5 Å². The number of nitrogens with zero attached hydrogens (tertiary/aromatic N) is 4. The minimum Gasteiger partial charge on any atom is -0.461 e. The predicted molar refractivity (Wildman–Crippen MR) is 83.2 cm³/mol. The monoisotopic (exact) mass is 321 g/mol. The van der Waals surface area contributed by atoms with Gasteiger partial charge in [-0.3, -0.25) is 9.69 Å². The van der Waals surface area contributed by atoms with Gasteiger partial charge >= 0.3 is 0 Å². The van der Waals surface area contributed by atoms with Crippen LogP contribution < -0.4 is 5.73 Å². The Kier molecular flexibility index (Phi) is 4.12. The van der Waals surface area contributed by atoms with E-state index in [0.29, 0.717) is 29.6 Å². The molecule has 0 bridgehead atoms. The maximum Gasteiger partial charge on any atom is 0.221 e. The Bertz CT molecular complexity index is 718. The number of aromatic nitrogens is 3. The van der Waals surface area contributed by atoms with Gasteiger partial charge in [0.2, 0.25) is 5.91 Å². The maximum absolute atomic E-state index is 11.4. The highest BCUT2D eigenvalue weighted by atomic mass is 32.1. The van der Waals surface area contributed by atoms with Gasteiger partial charge in [0.25, 0.3) is 0 Å². The SMILES string of the molecule is Cn1c(-c2ccco2)nn(CN2CCC[C@@H](C(N)=O)C2)c1=S. The van der Waals surface area contributed by atoms with Crippen LogP contribution in [0.1, 0.15) is 12.8 Å². The summed E-state index contributed by atoms with van der Waals surface area (Å²) in [5.41, 5.74) is 5.42. The zero-order chi connectivity index (χ0) is 15.7. The van der Waals surface area contributed by atoms with Crippen LogP contribution in [0.2, 0.25) is 0 Å². The van der Waals surface area contributed by atoms with Crippen LogP contribution in [0.5, 0.6) is 0 Å². The van der Waals surface area contributed by atoms with Crippen LogP contribution >= 0.6 is 12.2 Å². The van der Waals surface area contributed by atoms with Gasteiger partial charge in [0.15, 0.2) is 16.4 Å². The lowest BCUT2D eigenvalue weighted by Crippen LogP contribution is -2.42. The molecule has 0 radical (unpaired) electrons. The lowest BCUT2D eigenvalue weighted by atomic mass is 9.98. The molecule has 2 N–H and O–H groups in total. The van der Waals surface area contributed by atoms with Crippen LogP contribution in [0, 0.1) is 10.7 Å². The van der Waals surface area contributed by atoms with Crippen LogP contribution in [-0.4, -0.2) is 38.2 Å². The molecule has 1 fully saturated rings. The largest absolute Gasteiger partial charge is 0.461 e. The van der Waals surface area contributed by atoms with Gasteiger partial charge in [-0.2, -0.15) is 0 Å². The van der Waals surface area contributed by atoms with Gasteiger partial charge in [-0.05, 0) is 43.7 Å². The average molecular weight is 321 g/mol. The van der Waals surface area contributed by atoms with Gasteiger partial charge in [0, 0.05) is 13.6 Å². The van der Waals surface area contributed by atoms with E-state index in [9.17, 15) is 4.79 Å². The number of amides is 1. The van der Waals surface area contributed by atoms with Crippen molar-refractivity contribution in [2.45, 2.75) is 19.5 Å². The summed E-state index contributed by atoms with van der Waals surface area (Å²) in [7, 11) is 1.87. The zero-order valence-electron chi connectivity index (χ0n) is 12.4. The second kappa shape index (κ2) is 6.05. The molecular formula is C14H19N5O2S. The number of rotatable bonds is 4. The number of nitrogens with two attached hydrogens (primary N) is 1. The summed E-state index contributed by atoms with van der Waals surface area (Å²) in [5, 5.41) is 4.54. The van der Waals surface area contributed by atoms with Crippen molar-refractivity contribution in [3.63, 3.8) is 0 Å². The minimum atomic E-state index is -0.231. The maximum atomic E-state index is 11.4. The highest BCUT2D eigenvalue weighted by molar-refractivity contribution is 7.71. The Morgan fingerprint density at radius 2 is 2.41 bits per heavy atom. The third kappa shape index (κ3) is 2.84. The lowest BCUT2D eigenvalue weighted by Gasteiger charge is -2.30. The topological polar surface area (TPSA) is 82.2 Å². The Morgan fingerprint density at radius 1 is 1.59 bits per heavy atom. The van der Waals surface area contributed by atoms with E-state index in [1.807, 2.05) is 23.7 Å². The molecule has 0 spiro atoms. The van der Waals surface area contributed by atoms with Crippen molar-refractivity contribution in [2.24, 2.45) is 18.7 Å². The first-order valence-corrected chi connectivity index (χ1v) is 7.66. The number of carbonyl (C=O) groups excluding carboxylic acids is 1. The number of furan rings is 1. The molecule has 1 saturated heterocycles. The van der Waals surface area contributed by atoms with E-state index in [-0.39, 0.29) is 11.8 Å². The third-order valence-corrected chi connectivity index (χ3v) is 4.51. The van der Waals surface area contributed by atoms with E-state index in [1.54, 1.807) is 10.9 Å². The van der Waals surface area contributed by atoms with Crippen LogP contribution in [0.4, 0.5) is 0 Å². The predicted octanol–water partition coefficient (Wildman–Crippen LogP) is 1.37. The van der Waals surface area contributed by atoms with E-state index in [2.05, 4.69) is 10.00 Å². The standard InChI is InChI=1S/C14H19N5O2S/c1-17-13(11-5-3-7-21-11)16-19(14(17)22)9-18-6-2-4-10(8-18)12(15)20/h3,5,7,10H,2,4,6,8-9H2,1H3,(H2,15,20)/t10-/m1/s1. The zero-order valence-corrected chi connectivity index (χ0v) is 13.3. The number of carbonyl (C=O) groups is 1. The molecule has 3 heterocycles. The first-order chi connectivity index (χ1) is 10.6. The highest BCUT2D eigenvalue weighted by Gasteiger charge is 2.24. The van der Waals surface area contributed by atoms with Crippen molar-refractivity contribution in [1.82, 2.24) is 19.2 Å². The first kappa shape index (κ1) is 15.0. The van der Waals surface area contributed by atoms with E-state index in [4.69, 9.17) is 22.4 Å². The van der Waals surface area contributed by atoms with E-state index < -0.39 is 0 Å². The molecule has 22 heavy (non-hydrogen) atoms. The van der Waals surface area contributed by atoms with Gasteiger partial charge in [0.1, 0.15) is 0 Å². The first-order valence-electron chi connectivity index (χ1n) is 7.25. The highest BCUT2D eigenvalue weighted by Crippen LogP contribution is 2.20. The molecule has 0 aromatic carbocycles. The molecule has 1 atom stereocenters. The molecule has 3 rings (SSSR count). The molecule has 118 valence electrons. The Labute approximate surface area is 133 Å². The van der Waals surface area contributed by atoms with E-state index in [1.165, 1.54) is 0 Å². The van der Waals surface area contributed by atoms with Gasteiger partial charge in [-0.25, -0.2) is 4.68 Å². The van der Waals surface area contributed by atoms with E-state index in [0.717, 1.165) is 19.4 Å². The molecule has 7 nitrogen and oxygen atoms in total. The van der Waals surface area contributed by atoms with Crippen LogP contribution in [0.3, 0.4) is 0 Å². The molecule has 1 aliphatic rings. The number of likely N-dealkylation sites (tertiary alicyclic amines) is 1. The number of hydrogen-bond acceptors (Lipinski definition) is 5. The molecule has 0 aliphatic carbocycles. The van der Waals surface area contributed by atoms with Crippen molar-refractivity contribution < 1.29 is 9.21 Å². The fraction of sp³-hybridized carbons (Fsp3) is 0.500. The van der Waals surface area contributed by atoms with Crippen molar-refractivity contribution >= 4 is 18.1 Å². The summed E-state index contributed by atoms with van der Waals surface area (Å²) in [6.45, 7) is 2.12. The van der Waals surface area contributed by atoms with Crippen molar-refractivity contribution in [2.75, 3.05) is 13.1 Å². The summed E-state index contributed by atoms with van der Waals surface area (Å²) in [4.78, 5) is 13.5. The summed E-state index contributed by atoms with van der Waals surface area (Å²) in [5.74, 6) is 1.06. The quantitative estimate of drug-likeness (QED) is 0.860. The summed E-state index contributed by atoms with van der Waals surface area (Å²) < 4.78 is 9.59.